The van der Waals surface area contributed by atoms with E-state index in [1.165, 1.54) is 19.2 Å². The quantitative estimate of drug-likeness (QED) is 0.472. The zero-order valence-electron chi connectivity index (χ0n) is 17.0. The minimum Gasteiger partial charge on any atom is -0.495 e. The number of sulfonamides is 1. The van der Waals surface area contributed by atoms with E-state index in [9.17, 15) is 23.3 Å². The Bertz CT molecular complexity index is 1040. The predicted octanol–water partition coefficient (Wildman–Crippen LogP) is 2.80. The number of non-ortho nitro benzene ring substituents is 1. The molecular weight excluding hydrogens is 414 g/mol. The van der Waals surface area contributed by atoms with Gasteiger partial charge in [-0.25, -0.2) is 8.42 Å². The minimum absolute atomic E-state index is 0.0574. The van der Waals surface area contributed by atoms with Crippen LogP contribution in [0.1, 0.15) is 13.8 Å². The molecule has 30 heavy (non-hydrogen) atoms. The molecule has 0 unspecified atom stereocenters. The average molecular weight is 437 g/mol. The van der Waals surface area contributed by atoms with Gasteiger partial charge in [0.25, 0.3) is 5.69 Å². The summed E-state index contributed by atoms with van der Waals surface area (Å²) in [6.45, 7) is 3.12. The number of methoxy groups -OCH3 is 1. The van der Waals surface area contributed by atoms with Gasteiger partial charge in [-0.3, -0.25) is 19.2 Å². The highest BCUT2D eigenvalue weighted by molar-refractivity contribution is 7.92. The Morgan fingerprint density at radius 1 is 1.23 bits per heavy atom. The lowest BCUT2D eigenvalue weighted by Gasteiger charge is -2.23. The molecule has 1 amide bonds. The fraction of sp³-hybridized carbons (Fsp3) is 0.316. The number of nitrogens with zero attached hydrogens (tertiary/aromatic N) is 2. The summed E-state index contributed by atoms with van der Waals surface area (Å²) in [4.78, 5) is 23.0. The summed E-state index contributed by atoms with van der Waals surface area (Å²) < 4.78 is 36.1. The van der Waals surface area contributed by atoms with Gasteiger partial charge >= 0.3 is 0 Å². The summed E-state index contributed by atoms with van der Waals surface area (Å²) in [5.41, 5.74) is -0.0303. The van der Waals surface area contributed by atoms with Crippen molar-refractivity contribution in [3.05, 3.63) is 52.6 Å². The largest absolute Gasteiger partial charge is 0.495 e. The Labute approximate surface area is 174 Å². The van der Waals surface area contributed by atoms with Crippen molar-refractivity contribution in [2.45, 2.75) is 20.0 Å². The number of carbonyl (C=O) groups is 1. The number of ether oxygens (including phenoxy) is 2. The molecule has 0 aliphatic carbocycles. The lowest BCUT2D eigenvalue weighted by Crippen LogP contribution is -2.37. The zero-order chi connectivity index (χ0) is 22.5. The highest BCUT2D eigenvalue weighted by Gasteiger charge is 2.26. The van der Waals surface area contributed by atoms with Gasteiger partial charge in [0.15, 0.2) is 0 Å². The molecule has 2 aromatic rings. The lowest BCUT2D eigenvalue weighted by molar-refractivity contribution is -0.384. The molecule has 0 aliphatic rings. The second kappa shape index (κ2) is 9.44. The average Bonchev–Trinajstić information content (AvgIpc) is 2.64. The SMILES string of the molecule is COc1ccc([N+](=O)[O-])cc1N(CC(=O)Nc1cccc(OC(C)C)c1)S(C)(=O)=O. The Morgan fingerprint density at radius 2 is 1.93 bits per heavy atom. The molecule has 0 spiro atoms. The summed E-state index contributed by atoms with van der Waals surface area (Å²) >= 11 is 0. The maximum Gasteiger partial charge on any atom is 0.271 e. The molecule has 0 saturated heterocycles. The molecule has 2 aromatic carbocycles. The lowest BCUT2D eigenvalue weighted by atomic mass is 10.2. The van der Waals surface area contributed by atoms with Crippen LogP contribution in [0.2, 0.25) is 0 Å². The number of rotatable bonds is 9. The van der Waals surface area contributed by atoms with Crippen molar-refractivity contribution >= 4 is 33.0 Å². The summed E-state index contributed by atoms with van der Waals surface area (Å²) in [6, 6.07) is 10.2. The normalized spacial score (nSPS) is 11.1. The Morgan fingerprint density at radius 3 is 2.50 bits per heavy atom. The molecule has 0 fully saturated rings. The number of anilines is 2. The molecule has 0 bridgehead atoms. The number of hydrogen-bond donors (Lipinski definition) is 1. The van der Waals surface area contributed by atoms with Crippen LogP contribution < -0.4 is 19.1 Å². The monoisotopic (exact) mass is 437 g/mol. The first kappa shape index (κ1) is 22.9. The van der Waals surface area contributed by atoms with Crippen LogP contribution in [0.4, 0.5) is 17.1 Å². The molecule has 11 heteroatoms. The highest BCUT2D eigenvalue weighted by atomic mass is 32.2. The van der Waals surface area contributed by atoms with Crippen molar-refractivity contribution in [3.63, 3.8) is 0 Å². The third-order valence-electron chi connectivity index (χ3n) is 3.82. The summed E-state index contributed by atoms with van der Waals surface area (Å²) in [5.74, 6) is -0.0232. The Hall–Kier alpha value is -3.34. The first-order valence-corrected chi connectivity index (χ1v) is 10.7. The van der Waals surface area contributed by atoms with Crippen LogP contribution in [-0.4, -0.2) is 45.3 Å². The Kier molecular flexibility index (Phi) is 7.22. The molecule has 0 heterocycles. The second-order valence-corrected chi connectivity index (χ2v) is 8.53. The third-order valence-corrected chi connectivity index (χ3v) is 4.95. The number of nitro benzene ring substituents is 1. The van der Waals surface area contributed by atoms with Crippen molar-refractivity contribution in [1.29, 1.82) is 0 Å². The molecular formula is C19H23N3O7S. The number of carbonyl (C=O) groups excluding carboxylic acids is 1. The van der Waals surface area contributed by atoms with Crippen molar-refractivity contribution < 1.29 is 27.6 Å². The van der Waals surface area contributed by atoms with E-state index >= 15 is 0 Å². The van der Waals surface area contributed by atoms with Gasteiger partial charge in [-0.05, 0) is 32.0 Å². The molecule has 162 valence electrons. The van der Waals surface area contributed by atoms with Crippen LogP contribution in [-0.2, 0) is 14.8 Å². The second-order valence-electron chi connectivity index (χ2n) is 6.63. The fourth-order valence-corrected chi connectivity index (χ4v) is 3.47. The predicted molar refractivity (Wildman–Crippen MR) is 113 cm³/mol. The van der Waals surface area contributed by atoms with Gasteiger partial charge in [-0.1, -0.05) is 6.07 Å². The van der Waals surface area contributed by atoms with Crippen LogP contribution in [0, 0.1) is 10.1 Å². The topological polar surface area (TPSA) is 128 Å². The first-order chi connectivity index (χ1) is 14.0. The number of nitrogens with one attached hydrogen (secondary N) is 1. The van der Waals surface area contributed by atoms with E-state index in [1.807, 2.05) is 13.8 Å². The van der Waals surface area contributed by atoms with Crippen LogP contribution >= 0.6 is 0 Å². The molecule has 10 nitrogen and oxygen atoms in total. The number of nitro groups is 1. The van der Waals surface area contributed by atoms with Crippen LogP contribution in [0.15, 0.2) is 42.5 Å². The number of hydrogen-bond acceptors (Lipinski definition) is 7. The van der Waals surface area contributed by atoms with E-state index in [0.29, 0.717) is 11.4 Å². The van der Waals surface area contributed by atoms with Crippen molar-refractivity contribution in [2.75, 3.05) is 29.5 Å². The molecule has 2 rings (SSSR count). The van der Waals surface area contributed by atoms with E-state index in [2.05, 4.69) is 5.32 Å². The number of amides is 1. The maximum absolute atomic E-state index is 12.6. The highest BCUT2D eigenvalue weighted by Crippen LogP contribution is 2.33. The van der Waals surface area contributed by atoms with E-state index < -0.39 is 27.4 Å². The number of benzene rings is 2. The molecule has 0 atom stereocenters. The van der Waals surface area contributed by atoms with E-state index in [0.717, 1.165) is 16.6 Å². The zero-order valence-corrected chi connectivity index (χ0v) is 17.8. The van der Waals surface area contributed by atoms with Gasteiger partial charge in [0.05, 0.1) is 24.4 Å². The molecule has 0 aliphatic heterocycles. The van der Waals surface area contributed by atoms with E-state index in [1.54, 1.807) is 24.3 Å². The Balaban J connectivity index is 2.31. The molecule has 0 saturated carbocycles. The fourth-order valence-electron chi connectivity index (χ4n) is 2.62. The summed E-state index contributed by atoms with van der Waals surface area (Å²) in [5, 5.41) is 13.7. The summed E-state index contributed by atoms with van der Waals surface area (Å²) in [7, 11) is -2.66. The van der Waals surface area contributed by atoms with Crippen LogP contribution in [0.25, 0.3) is 0 Å². The van der Waals surface area contributed by atoms with Crippen molar-refractivity contribution in [1.82, 2.24) is 0 Å². The van der Waals surface area contributed by atoms with Crippen molar-refractivity contribution in [2.24, 2.45) is 0 Å². The smallest absolute Gasteiger partial charge is 0.271 e. The van der Waals surface area contributed by atoms with Crippen LogP contribution in [0.3, 0.4) is 0 Å². The standard InChI is InChI=1S/C19H23N3O7S/c1-13(2)29-16-7-5-6-14(10-16)20-19(23)12-21(30(4,26)27)17-11-15(22(24)25)8-9-18(17)28-3/h5-11,13H,12H2,1-4H3,(H,20,23). The molecule has 0 aromatic heterocycles. The molecule has 0 radical (unpaired) electrons. The van der Waals surface area contributed by atoms with Gasteiger partial charge in [0, 0.05) is 23.9 Å². The first-order valence-electron chi connectivity index (χ1n) is 8.88. The third kappa shape index (κ3) is 6.08. The maximum atomic E-state index is 12.6. The molecule has 1 N–H and O–H groups in total. The van der Waals surface area contributed by atoms with Gasteiger partial charge in [0.1, 0.15) is 23.7 Å². The minimum atomic E-state index is -3.96. The van der Waals surface area contributed by atoms with E-state index in [4.69, 9.17) is 9.47 Å². The van der Waals surface area contributed by atoms with Gasteiger partial charge in [-0.15, -0.1) is 0 Å². The van der Waals surface area contributed by atoms with Gasteiger partial charge in [0.2, 0.25) is 15.9 Å². The van der Waals surface area contributed by atoms with Crippen molar-refractivity contribution in [3.8, 4) is 11.5 Å². The van der Waals surface area contributed by atoms with Crippen LogP contribution in [0.5, 0.6) is 11.5 Å². The van der Waals surface area contributed by atoms with Gasteiger partial charge in [-0.2, -0.15) is 0 Å². The van der Waals surface area contributed by atoms with E-state index in [-0.39, 0.29) is 23.2 Å². The van der Waals surface area contributed by atoms with Gasteiger partial charge < -0.3 is 14.8 Å². The summed E-state index contributed by atoms with van der Waals surface area (Å²) in [6.07, 6.45) is 0.841.